The molecule has 0 aliphatic carbocycles. The van der Waals surface area contributed by atoms with E-state index in [1.807, 2.05) is 0 Å². The third-order valence-corrected chi connectivity index (χ3v) is 1.54. The fourth-order valence-corrected chi connectivity index (χ4v) is 0.996. The Morgan fingerprint density at radius 1 is 1.44 bits per heavy atom. The molecule has 6 heteroatoms. The summed E-state index contributed by atoms with van der Waals surface area (Å²) in [6, 6.07) is -0.414. The molecule has 0 saturated carbocycles. The normalized spacial score (nSPS) is 10.9. The van der Waals surface area contributed by atoms with Gasteiger partial charge >= 0.3 is 12.0 Å². The lowest BCUT2D eigenvalue weighted by Gasteiger charge is -2.19. The largest absolute Gasteiger partial charge is 0.459 e. The van der Waals surface area contributed by atoms with Crippen molar-refractivity contribution in [3.63, 3.8) is 0 Å². The molecule has 6 nitrogen and oxygen atoms in total. The minimum absolute atomic E-state index is 0.158. The first-order valence-electron chi connectivity index (χ1n) is 4.86. The quantitative estimate of drug-likeness (QED) is 0.755. The van der Waals surface area contributed by atoms with Crippen LogP contribution < -0.4 is 5.32 Å². The van der Waals surface area contributed by atoms with Gasteiger partial charge < -0.3 is 10.1 Å². The van der Waals surface area contributed by atoms with E-state index in [1.165, 1.54) is 23.3 Å². The first-order valence-corrected chi connectivity index (χ1v) is 4.86. The van der Waals surface area contributed by atoms with Crippen LogP contribution in [-0.2, 0) is 9.53 Å². The zero-order valence-corrected chi connectivity index (χ0v) is 9.56. The van der Waals surface area contributed by atoms with Crippen LogP contribution in [0.25, 0.3) is 0 Å². The molecule has 0 saturated heterocycles. The maximum absolute atomic E-state index is 11.4. The third kappa shape index (κ3) is 4.12. The summed E-state index contributed by atoms with van der Waals surface area (Å²) in [6.07, 6.45) is 4.32. The molecule has 0 atom stereocenters. The Bertz CT molecular complexity index is 365. The van der Waals surface area contributed by atoms with Crippen LogP contribution in [0.3, 0.4) is 0 Å². The molecule has 0 aliphatic heterocycles. The van der Waals surface area contributed by atoms with Gasteiger partial charge in [0.25, 0.3) is 0 Å². The van der Waals surface area contributed by atoms with Crippen LogP contribution in [-0.4, -0.2) is 33.7 Å². The predicted octanol–water partition coefficient (Wildman–Crippen LogP) is 0.782. The Morgan fingerprint density at radius 3 is 2.62 bits per heavy atom. The lowest BCUT2D eigenvalue weighted by molar-refractivity contribution is -0.153. The van der Waals surface area contributed by atoms with Crippen molar-refractivity contribution in [2.45, 2.75) is 26.4 Å². The molecule has 16 heavy (non-hydrogen) atoms. The van der Waals surface area contributed by atoms with E-state index in [2.05, 4.69) is 10.3 Å². The minimum Gasteiger partial charge on any atom is -0.459 e. The molecule has 0 fully saturated rings. The number of nitrogens with zero attached hydrogens (tertiary/aromatic N) is 2. The van der Waals surface area contributed by atoms with Crippen molar-refractivity contribution >= 4 is 12.0 Å². The molecule has 1 rings (SSSR count). The molecule has 0 unspecified atom stereocenters. The van der Waals surface area contributed by atoms with Crippen LogP contribution in [0.5, 0.6) is 0 Å². The third-order valence-electron chi connectivity index (χ3n) is 1.54. The molecule has 0 aromatic carbocycles. The molecule has 1 N–H and O–H groups in total. The van der Waals surface area contributed by atoms with Crippen molar-refractivity contribution in [1.82, 2.24) is 14.9 Å². The van der Waals surface area contributed by atoms with Gasteiger partial charge in [-0.25, -0.2) is 9.78 Å². The van der Waals surface area contributed by atoms with Gasteiger partial charge in [0.1, 0.15) is 18.5 Å². The highest BCUT2D eigenvalue weighted by Crippen LogP contribution is 2.06. The van der Waals surface area contributed by atoms with Crippen LogP contribution >= 0.6 is 0 Å². The van der Waals surface area contributed by atoms with Crippen LogP contribution in [0, 0.1) is 0 Å². The molecule has 1 amide bonds. The first kappa shape index (κ1) is 12.2. The Labute approximate surface area is 93.6 Å². The van der Waals surface area contributed by atoms with Crippen molar-refractivity contribution in [2.75, 3.05) is 6.54 Å². The summed E-state index contributed by atoms with van der Waals surface area (Å²) in [5, 5.41) is 2.42. The van der Waals surface area contributed by atoms with E-state index < -0.39 is 17.6 Å². The summed E-state index contributed by atoms with van der Waals surface area (Å²) in [7, 11) is 0. The molecular formula is C10H15N3O3. The first-order chi connectivity index (χ1) is 7.38. The highest BCUT2D eigenvalue weighted by atomic mass is 16.6. The van der Waals surface area contributed by atoms with Gasteiger partial charge in [0.15, 0.2) is 0 Å². The van der Waals surface area contributed by atoms with Gasteiger partial charge in [0, 0.05) is 12.4 Å². The van der Waals surface area contributed by atoms with Crippen molar-refractivity contribution in [1.29, 1.82) is 0 Å². The number of rotatable bonds is 2. The number of hydrogen-bond donors (Lipinski definition) is 1. The molecule has 1 aromatic rings. The number of amides is 1. The van der Waals surface area contributed by atoms with E-state index in [4.69, 9.17) is 4.74 Å². The van der Waals surface area contributed by atoms with Crippen LogP contribution in [0.4, 0.5) is 4.79 Å². The van der Waals surface area contributed by atoms with E-state index in [0.717, 1.165) is 0 Å². The Morgan fingerprint density at radius 2 is 2.12 bits per heavy atom. The number of carbonyl (C=O) groups excluding carboxylic acids is 2. The fraction of sp³-hybridized carbons (Fsp3) is 0.500. The number of nitrogens with one attached hydrogen (secondary N) is 1. The van der Waals surface area contributed by atoms with Gasteiger partial charge in [0.2, 0.25) is 0 Å². The van der Waals surface area contributed by atoms with E-state index >= 15 is 0 Å². The second-order valence-corrected chi connectivity index (χ2v) is 4.22. The average molecular weight is 225 g/mol. The molecule has 1 aromatic heterocycles. The summed E-state index contributed by atoms with van der Waals surface area (Å²) in [4.78, 5) is 26.4. The molecule has 88 valence electrons. The zero-order chi connectivity index (χ0) is 12.2. The van der Waals surface area contributed by atoms with Crippen LogP contribution in [0.1, 0.15) is 20.8 Å². The molecule has 0 spiro atoms. The van der Waals surface area contributed by atoms with Crippen LogP contribution in [0.15, 0.2) is 18.7 Å². The Kier molecular flexibility index (Phi) is 3.65. The number of carbonyl (C=O) groups is 2. The maximum Gasteiger partial charge on any atom is 0.327 e. The van der Waals surface area contributed by atoms with Gasteiger partial charge in [-0.1, -0.05) is 0 Å². The number of imidazole rings is 1. The van der Waals surface area contributed by atoms with Gasteiger partial charge in [-0.3, -0.25) is 9.36 Å². The van der Waals surface area contributed by atoms with Crippen molar-refractivity contribution < 1.29 is 14.3 Å². The zero-order valence-electron chi connectivity index (χ0n) is 9.56. The number of aromatic nitrogens is 2. The van der Waals surface area contributed by atoms with E-state index in [9.17, 15) is 9.59 Å². The summed E-state index contributed by atoms with van der Waals surface area (Å²) in [6.45, 7) is 5.14. The van der Waals surface area contributed by atoms with Crippen molar-refractivity contribution in [3.8, 4) is 0 Å². The molecular weight excluding hydrogens is 210 g/mol. The number of esters is 1. The smallest absolute Gasteiger partial charge is 0.327 e. The molecule has 0 bridgehead atoms. The van der Waals surface area contributed by atoms with Gasteiger partial charge in [0.05, 0.1) is 0 Å². The van der Waals surface area contributed by atoms with Gasteiger partial charge in [-0.15, -0.1) is 0 Å². The number of hydrogen-bond acceptors (Lipinski definition) is 4. The van der Waals surface area contributed by atoms with E-state index in [-0.39, 0.29) is 6.54 Å². The van der Waals surface area contributed by atoms with Gasteiger partial charge in [-0.05, 0) is 20.8 Å². The lowest BCUT2D eigenvalue weighted by atomic mass is 10.2. The van der Waals surface area contributed by atoms with Gasteiger partial charge in [-0.2, -0.15) is 0 Å². The highest BCUT2D eigenvalue weighted by molar-refractivity contribution is 5.82. The maximum atomic E-state index is 11.4. The summed E-state index contributed by atoms with van der Waals surface area (Å²) in [5.74, 6) is -0.471. The fourth-order valence-electron chi connectivity index (χ4n) is 0.996. The van der Waals surface area contributed by atoms with Crippen molar-refractivity contribution in [3.05, 3.63) is 18.7 Å². The predicted molar refractivity (Wildman–Crippen MR) is 56.9 cm³/mol. The standard InChI is InChI=1S/C10H15N3O3/c1-10(2,3)16-8(14)6-12-9(15)13-5-4-11-7-13/h4-5,7H,6H2,1-3H3,(H,12,15). The summed E-state index contributed by atoms with van der Waals surface area (Å²) < 4.78 is 6.27. The second-order valence-electron chi connectivity index (χ2n) is 4.22. The summed E-state index contributed by atoms with van der Waals surface area (Å²) in [5.41, 5.74) is -0.545. The average Bonchev–Trinajstić information content (AvgIpc) is 2.64. The summed E-state index contributed by atoms with van der Waals surface area (Å²) >= 11 is 0. The SMILES string of the molecule is CC(C)(C)OC(=O)CNC(=O)n1ccnc1. The molecule has 0 radical (unpaired) electrons. The lowest BCUT2D eigenvalue weighted by Crippen LogP contribution is -2.36. The Hall–Kier alpha value is -1.85. The monoisotopic (exact) mass is 225 g/mol. The number of ether oxygens (including phenoxy) is 1. The van der Waals surface area contributed by atoms with Crippen molar-refractivity contribution in [2.24, 2.45) is 0 Å². The topological polar surface area (TPSA) is 73.2 Å². The van der Waals surface area contributed by atoms with E-state index in [1.54, 1.807) is 20.8 Å². The molecule has 0 aliphatic rings. The van der Waals surface area contributed by atoms with E-state index in [0.29, 0.717) is 0 Å². The molecule has 1 heterocycles. The highest BCUT2D eigenvalue weighted by Gasteiger charge is 2.16. The Balaban J connectivity index is 2.35. The van der Waals surface area contributed by atoms with Crippen LogP contribution in [0.2, 0.25) is 0 Å². The second kappa shape index (κ2) is 4.78. The minimum atomic E-state index is -0.545.